The third-order valence-electron chi connectivity index (χ3n) is 5.47. The van der Waals surface area contributed by atoms with Crippen molar-refractivity contribution in [3.05, 3.63) is 75.1 Å². The summed E-state index contributed by atoms with van der Waals surface area (Å²) in [5.74, 6) is 1.07. The van der Waals surface area contributed by atoms with Crippen molar-refractivity contribution in [2.45, 2.75) is 19.4 Å². The van der Waals surface area contributed by atoms with Gasteiger partial charge < -0.3 is 10.6 Å². The number of aromatic nitrogens is 5. The van der Waals surface area contributed by atoms with E-state index in [4.69, 9.17) is 22.4 Å². The molecule has 1 aliphatic rings. The summed E-state index contributed by atoms with van der Waals surface area (Å²) in [6.45, 7) is 2.37. The second-order valence-corrected chi connectivity index (χ2v) is 7.67. The van der Waals surface area contributed by atoms with Crippen molar-refractivity contribution in [2.24, 2.45) is 0 Å². The first kappa shape index (κ1) is 19.1. The van der Waals surface area contributed by atoms with Crippen LogP contribution in [0.25, 0.3) is 11.2 Å². The fourth-order valence-electron chi connectivity index (χ4n) is 3.92. The van der Waals surface area contributed by atoms with Gasteiger partial charge in [0, 0.05) is 12.7 Å². The van der Waals surface area contributed by atoms with Gasteiger partial charge in [0.05, 0.1) is 22.4 Å². The highest BCUT2D eigenvalue weighted by Crippen LogP contribution is 2.38. The molecule has 5 rings (SSSR count). The van der Waals surface area contributed by atoms with E-state index in [-0.39, 0.29) is 17.5 Å². The minimum absolute atomic E-state index is 0.0956. The predicted octanol–water partition coefficient (Wildman–Crippen LogP) is 2.64. The number of hydrogen-bond acceptors (Lipinski definition) is 7. The Kier molecular flexibility index (Phi) is 4.38. The molecule has 3 aromatic heterocycles. The van der Waals surface area contributed by atoms with Crippen molar-refractivity contribution < 1.29 is 0 Å². The Bertz CT molecular complexity index is 1420. The highest BCUT2D eigenvalue weighted by atomic mass is 35.5. The van der Waals surface area contributed by atoms with Gasteiger partial charge >= 0.3 is 0 Å². The Hall–Kier alpha value is -3.90. The van der Waals surface area contributed by atoms with Gasteiger partial charge in [-0.15, -0.1) is 0 Å². The average Bonchev–Trinajstić information content (AvgIpc) is 3.09. The van der Waals surface area contributed by atoms with Crippen molar-refractivity contribution in [2.75, 3.05) is 17.2 Å². The molecule has 1 saturated heterocycles. The average molecular weight is 433 g/mol. The first-order chi connectivity index (χ1) is 15.0. The molecule has 1 fully saturated rings. The summed E-state index contributed by atoms with van der Waals surface area (Å²) >= 11 is 6.26. The lowest BCUT2D eigenvalue weighted by atomic mass is 10.0. The molecule has 0 bridgehead atoms. The Morgan fingerprint density at radius 3 is 2.68 bits per heavy atom. The van der Waals surface area contributed by atoms with Crippen LogP contribution in [0.2, 0.25) is 5.02 Å². The molecule has 4 aromatic rings. The molecule has 0 saturated carbocycles. The quantitative estimate of drug-likeness (QED) is 0.528. The molecule has 0 amide bonds. The third-order valence-corrected chi connectivity index (χ3v) is 5.77. The number of halogens is 1. The van der Waals surface area contributed by atoms with E-state index in [2.05, 4.69) is 16.0 Å². The normalized spacial score (nSPS) is 15.6. The van der Waals surface area contributed by atoms with Crippen molar-refractivity contribution in [3.8, 4) is 11.8 Å². The summed E-state index contributed by atoms with van der Waals surface area (Å²) in [5, 5.41) is 14.7. The summed E-state index contributed by atoms with van der Waals surface area (Å²) in [6, 6.07) is 12.8. The molecule has 31 heavy (non-hydrogen) atoms. The van der Waals surface area contributed by atoms with Gasteiger partial charge in [0.15, 0.2) is 11.6 Å². The van der Waals surface area contributed by atoms with Crippen LogP contribution in [0.3, 0.4) is 0 Å². The lowest BCUT2D eigenvalue weighted by Gasteiger charge is -2.42. The standard InChI is InChI=1S/C21H17ClN8O/c1-12-14(11-23)18(26-21(24)25-12)28-9-8-16(28)19-27-29-10-7-15(22)17(29)20(31)30(19)13-5-3-2-4-6-13/h2-7,10,16H,8-9H2,1H3,(H2,24,25,26)/t16-/m0/s1. The molecule has 0 spiro atoms. The molecule has 1 atom stereocenters. The van der Waals surface area contributed by atoms with Crippen LogP contribution >= 0.6 is 11.6 Å². The van der Waals surface area contributed by atoms with Crippen LogP contribution in [0.15, 0.2) is 47.4 Å². The molecule has 9 nitrogen and oxygen atoms in total. The summed E-state index contributed by atoms with van der Waals surface area (Å²) in [7, 11) is 0. The molecular weight excluding hydrogens is 416 g/mol. The number of benzene rings is 1. The fourth-order valence-corrected chi connectivity index (χ4v) is 4.14. The second kappa shape index (κ2) is 7.11. The summed E-state index contributed by atoms with van der Waals surface area (Å²) in [6.07, 6.45) is 2.39. The van der Waals surface area contributed by atoms with Crippen LogP contribution in [0, 0.1) is 18.3 Å². The van der Waals surface area contributed by atoms with Crippen LogP contribution in [0.1, 0.15) is 29.5 Å². The van der Waals surface area contributed by atoms with Crippen LogP contribution in [-0.2, 0) is 0 Å². The number of anilines is 2. The highest BCUT2D eigenvalue weighted by Gasteiger charge is 2.37. The Labute approximate surface area is 181 Å². The summed E-state index contributed by atoms with van der Waals surface area (Å²) in [4.78, 5) is 23.8. The van der Waals surface area contributed by atoms with E-state index in [9.17, 15) is 10.1 Å². The number of nitrogens with zero attached hydrogens (tertiary/aromatic N) is 7. The van der Waals surface area contributed by atoms with Crippen LogP contribution < -0.4 is 16.2 Å². The zero-order chi connectivity index (χ0) is 21.7. The van der Waals surface area contributed by atoms with Gasteiger partial charge in [-0.05, 0) is 31.5 Å². The minimum atomic E-state index is -0.278. The largest absolute Gasteiger partial charge is 0.368 e. The maximum atomic E-state index is 13.5. The molecule has 0 radical (unpaired) electrons. The van der Waals surface area contributed by atoms with E-state index in [0.717, 1.165) is 6.42 Å². The zero-order valence-corrected chi connectivity index (χ0v) is 17.3. The smallest absolute Gasteiger partial charge is 0.284 e. The van der Waals surface area contributed by atoms with Crippen LogP contribution in [0.4, 0.5) is 11.8 Å². The number of hydrogen-bond donors (Lipinski definition) is 1. The number of nitrogens with two attached hydrogens (primary N) is 1. The van der Waals surface area contributed by atoms with E-state index in [1.165, 1.54) is 4.52 Å². The van der Waals surface area contributed by atoms with Crippen molar-refractivity contribution >= 4 is 28.9 Å². The van der Waals surface area contributed by atoms with E-state index >= 15 is 0 Å². The molecule has 154 valence electrons. The number of fused-ring (bicyclic) bond motifs is 1. The zero-order valence-electron chi connectivity index (χ0n) is 16.5. The van der Waals surface area contributed by atoms with E-state index in [1.54, 1.807) is 23.8 Å². The maximum Gasteiger partial charge on any atom is 0.284 e. The van der Waals surface area contributed by atoms with Gasteiger partial charge in [0.25, 0.3) is 5.56 Å². The van der Waals surface area contributed by atoms with Crippen LogP contribution in [0.5, 0.6) is 0 Å². The second-order valence-electron chi connectivity index (χ2n) is 7.27. The van der Waals surface area contributed by atoms with Crippen molar-refractivity contribution in [3.63, 3.8) is 0 Å². The maximum absolute atomic E-state index is 13.5. The summed E-state index contributed by atoms with van der Waals surface area (Å²) < 4.78 is 3.07. The van der Waals surface area contributed by atoms with Gasteiger partial charge in [0.2, 0.25) is 5.95 Å². The number of para-hydroxylation sites is 1. The van der Waals surface area contributed by atoms with Gasteiger partial charge in [-0.3, -0.25) is 9.36 Å². The van der Waals surface area contributed by atoms with E-state index < -0.39 is 0 Å². The number of nitrogen functional groups attached to an aromatic ring is 1. The molecule has 4 heterocycles. The monoisotopic (exact) mass is 432 g/mol. The topological polar surface area (TPSA) is 118 Å². The third kappa shape index (κ3) is 2.92. The molecule has 10 heteroatoms. The van der Waals surface area contributed by atoms with Gasteiger partial charge in [-0.2, -0.15) is 15.3 Å². The SMILES string of the molecule is Cc1nc(N)nc(N2CC[C@H]2c2nn3ccc(Cl)c3c(=O)n2-c2ccccc2)c1C#N. The molecule has 0 unspecified atom stereocenters. The lowest BCUT2D eigenvalue weighted by molar-refractivity contribution is 0.422. The molecule has 2 N–H and O–H groups in total. The summed E-state index contributed by atoms with van der Waals surface area (Å²) in [5.41, 5.74) is 7.45. The molecule has 1 aliphatic heterocycles. The first-order valence-electron chi connectivity index (χ1n) is 9.65. The highest BCUT2D eigenvalue weighted by molar-refractivity contribution is 6.33. The lowest BCUT2D eigenvalue weighted by Crippen LogP contribution is -2.45. The van der Waals surface area contributed by atoms with Gasteiger partial charge in [-0.1, -0.05) is 29.8 Å². The van der Waals surface area contributed by atoms with E-state index in [0.29, 0.717) is 45.7 Å². The van der Waals surface area contributed by atoms with Crippen LogP contribution in [-0.4, -0.2) is 30.7 Å². The first-order valence-corrected chi connectivity index (χ1v) is 10.0. The molecule has 1 aromatic carbocycles. The number of nitriles is 1. The van der Waals surface area contributed by atoms with Crippen molar-refractivity contribution in [1.82, 2.24) is 24.1 Å². The minimum Gasteiger partial charge on any atom is -0.368 e. The number of rotatable bonds is 3. The Morgan fingerprint density at radius 1 is 1.23 bits per heavy atom. The number of aryl methyl sites for hydroxylation is 1. The Balaban J connectivity index is 1.73. The molecule has 0 aliphatic carbocycles. The van der Waals surface area contributed by atoms with Gasteiger partial charge in [-0.25, -0.2) is 9.50 Å². The van der Waals surface area contributed by atoms with Crippen molar-refractivity contribution in [1.29, 1.82) is 5.26 Å². The predicted molar refractivity (Wildman–Crippen MR) is 116 cm³/mol. The Morgan fingerprint density at radius 2 is 2.00 bits per heavy atom. The van der Waals surface area contributed by atoms with Gasteiger partial charge in [0.1, 0.15) is 17.1 Å². The van der Waals surface area contributed by atoms with E-state index in [1.807, 2.05) is 35.2 Å². The molecular formula is C21H17ClN8O. The fraction of sp³-hybridized carbons (Fsp3) is 0.190.